The smallest absolute Gasteiger partial charge is 0.0456 e. The number of aromatic nitrogens is 1. The first-order chi connectivity index (χ1) is 10.1. The van der Waals surface area contributed by atoms with Gasteiger partial charge in [-0.15, -0.1) is 0 Å². The van der Waals surface area contributed by atoms with Crippen molar-refractivity contribution in [2.45, 2.75) is 39.7 Å². The Labute approximate surface area is 132 Å². The number of nitrogens with one attached hydrogen (secondary N) is 1. The van der Waals surface area contributed by atoms with Crippen molar-refractivity contribution in [2.75, 3.05) is 6.54 Å². The van der Waals surface area contributed by atoms with Crippen LogP contribution >= 0.6 is 11.6 Å². The highest BCUT2D eigenvalue weighted by atomic mass is 35.5. The number of hydrogen-bond donors (Lipinski definition) is 1. The van der Waals surface area contributed by atoms with E-state index >= 15 is 0 Å². The van der Waals surface area contributed by atoms with E-state index < -0.39 is 0 Å². The van der Waals surface area contributed by atoms with Crippen LogP contribution < -0.4 is 5.32 Å². The topological polar surface area (TPSA) is 24.9 Å². The lowest BCUT2D eigenvalue weighted by molar-refractivity contribution is 0.524. The van der Waals surface area contributed by atoms with Crippen molar-refractivity contribution >= 4 is 11.6 Å². The van der Waals surface area contributed by atoms with Crippen molar-refractivity contribution in [3.8, 4) is 0 Å². The molecule has 3 heteroatoms. The van der Waals surface area contributed by atoms with Gasteiger partial charge in [0.15, 0.2) is 0 Å². The zero-order chi connectivity index (χ0) is 15.2. The molecule has 1 unspecified atom stereocenters. The minimum atomic E-state index is 0.202. The quantitative estimate of drug-likeness (QED) is 0.841. The summed E-state index contributed by atoms with van der Waals surface area (Å²) in [5.74, 6) is 0. The van der Waals surface area contributed by atoms with Crippen LogP contribution in [0, 0.1) is 13.8 Å². The van der Waals surface area contributed by atoms with Gasteiger partial charge in [0.05, 0.1) is 0 Å². The number of halogens is 1. The van der Waals surface area contributed by atoms with Gasteiger partial charge in [0.1, 0.15) is 0 Å². The van der Waals surface area contributed by atoms with Crippen LogP contribution in [0.3, 0.4) is 0 Å². The third-order valence-electron chi connectivity index (χ3n) is 3.56. The Hall–Kier alpha value is -1.38. The van der Waals surface area contributed by atoms with Gasteiger partial charge < -0.3 is 5.32 Å². The lowest BCUT2D eigenvalue weighted by Gasteiger charge is -2.20. The minimum Gasteiger partial charge on any atom is -0.310 e. The number of nitrogens with zero attached hydrogens (tertiary/aromatic N) is 1. The number of rotatable bonds is 6. The highest BCUT2D eigenvalue weighted by Gasteiger charge is 2.15. The predicted molar refractivity (Wildman–Crippen MR) is 89.9 cm³/mol. The summed E-state index contributed by atoms with van der Waals surface area (Å²) < 4.78 is 0. The second-order valence-corrected chi connectivity index (χ2v) is 5.97. The van der Waals surface area contributed by atoms with Gasteiger partial charge in [0.2, 0.25) is 0 Å². The first-order valence-electron chi connectivity index (χ1n) is 7.51. The van der Waals surface area contributed by atoms with Gasteiger partial charge in [-0.25, -0.2) is 0 Å². The van der Waals surface area contributed by atoms with Crippen LogP contribution in [0.1, 0.15) is 41.8 Å². The first-order valence-corrected chi connectivity index (χ1v) is 7.89. The van der Waals surface area contributed by atoms with Crippen LogP contribution in [0.15, 0.2) is 36.5 Å². The van der Waals surface area contributed by atoms with Crippen LogP contribution in [-0.4, -0.2) is 11.5 Å². The molecule has 2 aromatic rings. The Bertz CT molecular complexity index is 578. The molecule has 2 nitrogen and oxygen atoms in total. The minimum absolute atomic E-state index is 0.202. The fourth-order valence-electron chi connectivity index (χ4n) is 2.35. The molecule has 0 bridgehead atoms. The van der Waals surface area contributed by atoms with E-state index in [1.807, 2.05) is 12.3 Å². The molecule has 0 aliphatic carbocycles. The Morgan fingerprint density at radius 1 is 1.14 bits per heavy atom. The van der Waals surface area contributed by atoms with Gasteiger partial charge in [-0.1, -0.05) is 36.7 Å². The van der Waals surface area contributed by atoms with Gasteiger partial charge in [-0.05, 0) is 55.6 Å². The fraction of sp³-hybridized carbons (Fsp3) is 0.389. The van der Waals surface area contributed by atoms with Crippen molar-refractivity contribution in [3.05, 3.63) is 63.9 Å². The molecule has 0 saturated carbocycles. The summed E-state index contributed by atoms with van der Waals surface area (Å²) in [6, 6.07) is 10.7. The SMILES string of the molecule is CCCNC(Cc1ccc(C)cn1)c1ccc(C)cc1Cl. The highest BCUT2D eigenvalue weighted by molar-refractivity contribution is 6.31. The molecule has 0 aliphatic heterocycles. The predicted octanol–water partition coefficient (Wildman–Crippen LogP) is 4.64. The van der Waals surface area contributed by atoms with E-state index in [9.17, 15) is 0 Å². The number of aryl methyl sites for hydroxylation is 2. The summed E-state index contributed by atoms with van der Waals surface area (Å²) in [6.45, 7) is 7.26. The van der Waals surface area contributed by atoms with Crippen LogP contribution in [0.25, 0.3) is 0 Å². The van der Waals surface area contributed by atoms with Crippen molar-refractivity contribution in [3.63, 3.8) is 0 Å². The van der Waals surface area contributed by atoms with Crippen molar-refractivity contribution in [2.24, 2.45) is 0 Å². The molecule has 0 saturated heterocycles. The van der Waals surface area contributed by atoms with E-state index in [-0.39, 0.29) is 6.04 Å². The molecule has 21 heavy (non-hydrogen) atoms. The van der Waals surface area contributed by atoms with Gasteiger partial charge in [0, 0.05) is 29.4 Å². The number of benzene rings is 1. The second kappa shape index (κ2) is 7.58. The van der Waals surface area contributed by atoms with Crippen molar-refractivity contribution in [1.82, 2.24) is 10.3 Å². The molecule has 0 radical (unpaired) electrons. The molecule has 1 aromatic heterocycles. The summed E-state index contributed by atoms with van der Waals surface area (Å²) in [4.78, 5) is 4.52. The van der Waals surface area contributed by atoms with Crippen LogP contribution in [0.4, 0.5) is 0 Å². The molecule has 0 spiro atoms. The third kappa shape index (κ3) is 4.55. The molecule has 0 aliphatic rings. The Kier molecular flexibility index (Phi) is 5.77. The average molecular weight is 303 g/mol. The molecule has 1 aromatic carbocycles. The maximum atomic E-state index is 6.43. The lowest BCUT2D eigenvalue weighted by atomic mass is 10.00. The maximum Gasteiger partial charge on any atom is 0.0456 e. The van der Waals surface area contributed by atoms with E-state index in [4.69, 9.17) is 11.6 Å². The summed E-state index contributed by atoms with van der Waals surface area (Å²) >= 11 is 6.43. The van der Waals surface area contributed by atoms with Crippen LogP contribution in [-0.2, 0) is 6.42 Å². The van der Waals surface area contributed by atoms with Crippen LogP contribution in [0.2, 0.25) is 5.02 Å². The third-order valence-corrected chi connectivity index (χ3v) is 3.89. The standard InChI is InChI=1S/C18H23ClN2/c1-4-9-20-18(11-15-7-5-14(3)12-21-15)16-8-6-13(2)10-17(16)19/h5-8,10,12,18,20H,4,9,11H2,1-3H3. The van der Waals surface area contributed by atoms with Crippen LogP contribution in [0.5, 0.6) is 0 Å². The Balaban J connectivity index is 2.22. The van der Waals surface area contributed by atoms with Gasteiger partial charge in [-0.3, -0.25) is 4.98 Å². The van der Waals surface area contributed by atoms with E-state index in [1.165, 1.54) is 11.1 Å². The molecule has 2 rings (SSSR count). The summed E-state index contributed by atoms with van der Waals surface area (Å²) in [7, 11) is 0. The molecule has 1 heterocycles. The molecule has 1 N–H and O–H groups in total. The molecule has 1 atom stereocenters. The van der Waals surface area contributed by atoms with Crippen molar-refractivity contribution in [1.29, 1.82) is 0 Å². The zero-order valence-electron chi connectivity index (χ0n) is 13.0. The summed E-state index contributed by atoms with van der Waals surface area (Å²) in [6.07, 6.45) is 3.87. The molecular formula is C18H23ClN2. The monoisotopic (exact) mass is 302 g/mol. The zero-order valence-corrected chi connectivity index (χ0v) is 13.7. The molecular weight excluding hydrogens is 280 g/mol. The Morgan fingerprint density at radius 3 is 2.52 bits per heavy atom. The van der Waals surface area contributed by atoms with E-state index in [0.717, 1.165) is 35.7 Å². The number of hydrogen-bond acceptors (Lipinski definition) is 2. The molecule has 112 valence electrons. The summed E-state index contributed by atoms with van der Waals surface area (Å²) in [5, 5.41) is 4.41. The highest BCUT2D eigenvalue weighted by Crippen LogP contribution is 2.26. The van der Waals surface area contributed by atoms with Gasteiger partial charge >= 0.3 is 0 Å². The molecule has 0 amide bonds. The van der Waals surface area contributed by atoms with E-state index in [2.05, 4.69) is 55.3 Å². The van der Waals surface area contributed by atoms with E-state index in [0.29, 0.717) is 0 Å². The normalized spacial score (nSPS) is 12.4. The number of pyridine rings is 1. The average Bonchev–Trinajstić information content (AvgIpc) is 2.46. The van der Waals surface area contributed by atoms with Gasteiger partial charge in [-0.2, -0.15) is 0 Å². The van der Waals surface area contributed by atoms with Crippen molar-refractivity contribution < 1.29 is 0 Å². The molecule has 0 fully saturated rings. The van der Waals surface area contributed by atoms with Gasteiger partial charge in [0.25, 0.3) is 0 Å². The second-order valence-electron chi connectivity index (χ2n) is 5.56. The summed E-state index contributed by atoms with van der Waals surface area (Å²) in [5.41, 5.74) is 4.61. The maximum absolute atomic E-state index is 6.43. The van der Waals surface area contributed by atoms with E-state index in [1.54, 1.807) is 0 Å². The lowest BCUT2D eigenvalue weighted by Crippen LogP contribution is -2.24. The fourth-order valence-corrected chi connectivity index (χ4v) is 2.72. The largest absolute Gasteiger partial charge is 0.310 e. The first kappa shape index (κ1) is 16.0. The Morgan fingerprint density at radius 2 is 1.90 bits per heavy atom.